The Labute approximate surface area is 98.2 Å². The van der Waals surface area contributed by atoms with Gasteiger partial charge in [0.15, 0.2) is 0 Å². The van der Waals surface area contributed by atoms with Crippen LogP contribution in [0, 0.1) is 0 Å². The van der Waals surface area contributed by atoms with Gasteiger partial charge in [0.05, 0.1) is 0 Å². The molecule has 1 aromatic rings. The summed E-state index contributed by atoms with van der Waals surface area (Å²) in [4.78, 5) is 10.3. The maximum Gasteiger partial charge on any atom is 0.120 e. The van der Waals surface area contributed by atoms with Gasteiger partial charge >= 0.3 is 0 Å². The molecule has 0 radical (unpaired) electrons. The second-order valence-electron chi connectivity index (χ2n) is 4.52. The van der Waals surface area contributed by atoms with Crippen LogP contribution in [0.15, 0.2) is 29.8 Å². The first-order chi connectivity index (χ1) is 7.63. The van der Waals surface area contributed by atoms with Crippen molar-refractivity contribution in [2.24, 2.45) is 0 Å². The highest BCUT2D eigenvalue weighted by Gasteiger charge is 1.97. The molecule has 1 aromatic carbocycles. The molecule has 0 heterocycles. The second kappa shape index (κ2) is 6.26. The smallest absolute Gasteiger partial charge is 0.120 e. The first-order valence-corrected chi connectivity index (χ1v) is 5.84. The summed E-state index contributed by atoms with van der Waals surface area (Å²) in [5, 5.41) is 0. The number of hydrogen-bond donors (Lipinski definition) is 0. The summed E-state index contributed by atoms with van der Waals surface area (Å²) in [6.45, 7) is 6.46. The van der Waals surface area contributed by atoms with Crippen molar-refractivity contribution >= 4 is 12.4 Å². The standard InChI is InChI=1S/C15H20O/c1-12(2)15-8-6-14(7-9-15)11-13(3)5-4-10-16/h6-12H,4-5H2,1-3H3. The zero-order valence-corrected chi connectivity index (χ0v) is 10.4. The van der Waals surface area contributed by atoms with Gasteiger partial charge in [0.1, 0.15) is 6.29 Å². The first kappa shape index (κ1) is 12.7. The third-order valence-electron chi connectivity index (χ3n) is 2.67. The van der Waals surface area contributed by atoms with Crippen LogP contribution in [0.1, 0.15) is 50.7 Å². The number of allylic oxidation sites excluding steroid dienone is 1. The number of carbonyl (C=O) groups excluding carboxylic acids is 1. The molecule has 0 saturated heterocycles. The molecular formula is C15H20O. The minimum Gasteiger partial charge on any atom is -0.303 e. The van der Waals surface area contributed by atoms with Crippen LogP contribution < -0.4 is 0 Å². The molecular weight excluding hydrogens is 196 g/mol. The van der Waals surface area contributed by atoms with Gasteiger partial charge in [-0.25, -0.2) is 0 Å². The SMILES string of the molecule is CC(=Cc1ccc(C(C)C)cc1)CCC=O. The zero-order chi connectivity index (χ0) is 12.0. The molecule has 0 atom stereocenters. The molecule has 0 aliphatic heterocycles. The minimum atomic E-state index is 0.578. The van der Waals surface area contributed by atoms with Crippen LogP contribution in [0.5, 0.6) is 0 Å². The molecule has 0 unspecified atom stereocenters. The Morgan fingerprint density at radius 1 is 1.25 bits per heavy atom. The maximum absolute atomic E-state index is 10.3. The Bertz CT molecular complexity index is 358. The van der Waals surface area contributed by atoms with E-state index < -0.39 is 0 Å². The monoisotopic (exact) mass is 216 g/mol. The zero-order valence-electron chi connectivity index (χ0n) is 10.4. The molecule has 0 amide bonds. The van der Waals surface area contributed by atoms with Crippen molar-refractivity contribution in [3.63, 3.8) is 0 Å². The predicted molar refractivity (Wildman–Crippen MR) is 69.5 cm³/mol. The summed E-state index contributed by atoms with van der Waals surface area (Å²) in [5.74, 6) is 0.578. The fourth-order valence-electron chi connectivity index (χ4n) is 1.62. The van der Waals surface area contributed by atoms with E-state index in [0.29, 0.717) is 12.3 Å². The van der Waals surface area contributed by atoms with E-state index in [4.69, 9.17) is 0 Å². The van der Waals surface area contributed by atoms with Gasteiger partial charge < -0.3 is 4.79 Å². The van der Waals surface area contributed by atoms with E-state index in [9.17, 15) is 4.79 Å². The highest BCUT2D eigenvalue weighted by atomic mass is 16.1. The number of aldehydes is 1. The van der Waals surface area contributed by atoms with E-state index in [1.807, 2.05) is 0 Å². The van der Waals surface area contributed by atoms with Gasteiger partial charge in [0.2, 0.25) is 0 Å². The largest absolute Gasteiger partial charge is 0.303 e. The molecule has 0 bridgehead atoms. The van der Waals surface area contributed by atoms with Crippen LogP contribution in [0.3, 0.4) is 0 Å². The van der Waals surface area contributed by atoms with E-state index in [1.54, 1.807) is 0 Å². The Morgan fingerprint density at radius 3 is 2.38 bits per heavy atom. The van der Waals surface area contributed by atoms with Crippen LogP contribution in [0.2, 0.25) is 0 Å². The Kier molecular flexibility index (Phi) is 4.97. The molecule has 0 saturated carbocycles. The number of rotatable bonds is 5. The summed E-state index contributed by atoms with van der Waals surface area (Å²) in [7, 11) is 0. The van der Waals surface area contributed by atoms with Gasteiger partial charge in [-0.3, -0.25) is 0 Å². The van der Waals surface area contributed by atoms with E-state index in [2.05, 4.69) is 51.1 Å². The lowest BCUT2D eigenvalue weighted by molar-refractivity contribution is -0.107. The molecule has 0 aromatic heterocycles. The average Bonchev–Trinajstić information content (AvgIpc) is 2.27. The summed E-state index contributed by atoms with van der Waals surface area (Å²) < 4.78 is 0. The highest BCUT2D eigenvalue weighted by Crippen LogP contribution is 2.17. The molecule has 0 N–H and O–H groups in total. The van der Waals surface area contributed by atoms with Crippen LogP contribution >= 0.6 is 0 Å². The van der Waals surface area contributed by atoms with E-state index >= 15 is 0 Å². The van der Waals surface area contributed by atoms with Crippen molar-refractivity contribution in [3.8, 4) is 0 Å². The summed E-state index contributed by atoms with van der Waals surface area (Å²) >= 11 is 0. The van der Waals surface area contributed by atoms with Gasteiger partial charge in [-0.2, -0.15) is 0 Å². The molecule has 0 aliphatic rings. The summed E-state index contributed by atoms with van der Waals surface area (Å²) in [6.07, 6.45) is 4.59. The number of carbonyl (C=O) groups is 1. The fourth-order valence-corrected chi connectivity index (χ4v) is 1.62. The molecule has 0 spiro atoms. The molecule has 0 aliphatic carbocycles. The van der Waals surface area contributed by atoms with E-state index in [0.717, 1.165) is 12.7 Å². The quantitative estimate of drug-likeness (QED) is 0.674. The molecule has 16 heavy (non-hydrogen) atoms. The van der Waals surface area contributed by atoms with E-state index in [1.165, 1.54) is 16.7 Å². The van der Waals surface area contributed by atoms with Crippen molar-refractivity contribution < 1.29 is 4.79 Å². The number of benzene rings is 1. The van der Waals surface area contributed by atoms with Gasteiger partial charge in [-0.15, -0.1) is 0 Å². The van der Waals surface area contributed by atoms with Crippen molar-refractivity contribution in [1.29, 1.82) is 0 Å². The third-order valence-corrected chi connectivity index (χ3v) is 2.67. The maximum atomic E-state index is 10.3. The van der Waals surface area contributed by atoms with Gasteiger partial charge in [0.25, 0.3) is 0 Å². The van der Waals surface area contributed by atoms with Gasteiger partial charge in [-0.05, 0) is 30.4 Å². The molecule has 0 fully saturated rings. The lowest BCUT2D eigenvalue weighted by atomic mass is 10.0. The molecule has 1 nitrogen and oxygen atoms in total. The Morgan fingerprint density at radius 2 is 1.88 bits per heavy atom. The van der Waals surface area contributed by atoms with Gasteiger partial charge in [0, 0.05) is 6.42 Å². The van der Waals surface area contributed by atoms with Crippen LogP contribution in [-0.2, 0) is 4.79 Å². The molecule has 1 rings (SSSR count). The lowest BCUT2D eigenvalue weighted by Gasteiger charge is -2.05. The Balaban J connectivity index is 2.70. The lowest BCUT2D eigenvalue weighted by Crippen LogP contribution is -1.86. The van der Waals surface area contributed by atoms with Crippen LogP contribution in [0.25, 0.3) is 6.08 Å². The van der Waals surface area contributed by atoms with Gasteiger partial charge in [-0.1, -0.05) is 49.8 Å². The van der Waals surface area contributed by atoms with Crippen molar-refractivity contribution in [2.45, 2.75) is 39.5 Å². The minimum absolute atomic E-state index is 0.578. The van der Waals surface area contributed by atoms with E-state index in [-0.39, 0.29) is 0 Å². The topological polar surface area (TPSA) is 17.1 Å². The normalized spacial score (nSPS) is 11.9. The van der Waals surface area contributed by atoms with Crippen molar-refractivity contribution in [1.82, 2.24) is 0 Å². The third kappa shape index (κ3) is 4.01. The van der Waals surface area contributed by atoms with Crippen LogP contribution in [0.4, 0.5) is 0 Å². The predicted octanol–water partition coefficient (Wildman–Crippen LogP) is 4.19. The van der Waals surface area contributed by atoms with Crippen molar-refractivity contribution in [2.75, 3.05) is 0 Å². The highest BCUT2D eigenvalue weighted by molar-refractivity contribution is 5.55. The average molecular weight is 216 g/mol. The fraction of sp³-hybridized carbons (Fsp3) is 0.400. The first-order valence-electron chi connectivity index (χ1n) is 5.84. The van der Waals surface area contributed by atoms with Crippen molar-refractivity contribution in [3.05, 3.63) is 41.0 Å². The van der Waals surface area contributed by atoms with Crippen LogP contribution in [-0.4, -0.2) is 6.29 Å². The number of hydrogen-bond acceptors (Lipinski definition) is 1. The molecule has 86 valence electrons. The second-order valence-corrected chi connectivity index (χ2v) is 4.52. The Hall–Kier alpha value is -1.37. The molecule has 1 heteroatoms. The summed E-state index contributed by atoms with van der Waals surface area (Å²) in [6, 6.07) is 8.62. The summed E-state index contributed by atoms with van der Waals surface area (Å²) in [5.41, 5.74) is 3.83.